The van der Waals surface area contributed by atoms with E-state index in [4.69, 9.17) is 16.9 Å². The first-order chi connectivity index (χ1) is 6.97. The van der Waals surface area contributed by atoms with E-state index in [9.17, 15) is 13.6 Å². The Hall–Kier alpha value is -1.06. The van der Waals surface area contributed by atoms with Gasteiger partial charge in [-0.1, -0.05) is 0 Å². The van der Waals surface area contributed by atoms with Crippen molar-refractivity contribution in [3.63, 3.8) is 0 Å². The van der Waals surface area contributed by atoms with Gasteiger partial charge in [-0.15, -0.1) is 0 Å². The van der Waals surface area contributed by atoms with Crippen molar-refractivity contribution in [2.45, 2.75) is 6.43 Å². The molecule has 1 heterocycles. The molecule has 1 rings (SSSR count). The van der Waals surface area contributed by atoms with E-state index < -0.39 is 22.8 Å². The van der Waals surface area contributed by atoms with Crippen LogP contribution in [0.5, 0.6) is 0 Å². The normalized spacial score (nSPS) is 10.1. The molecule has 0 N–H and O–H groups in total. The summed E-state index contributed by atoms with van der Waals surface area (Å²) in [6.07, 6.45) is -2.89. The van der Waals surface area contributed by atoms with Gasteiger partial charge in [0.25, 0.3) is 11.7 Å². The highest BCUT2D eigenvalue weighted by Crippen LogP contribution is 2.30. The quantitative estimate of drug-likeness (QED) is 0.622. The maximum atomic E-state index is 12.5. The molecule has 0 amide bonds. The Bertz CT molecular complexity index is 459. The lowest BCUT2D eigenvalue weighted by atomic mass is 10.1. The Morgan fingerprint density at radius 1 is 1.67 bits per heavy atom. The molecule has 0 aliphatic heterocycles. The van der Waals surface area contributed by atoms with Crippen LogP contribution >= 0.6 is 27.5 Å². The van der Waals surface area contributed by atoms with Gasteiger partial charge in [0.05, 0.1) is 5.56 Å². The van der Waals surface area contributed by atoms with Gasteiger partial charge in [-0.3, -0.25) is 4.79 Å². The van der Waals surface area contributed by atoms with E-state index >= 15 is 0 Å². The van der Waals surface area contributed by atoms with E-state index in [2.05, 4.69) is 20.9 Å². The van der Waals surface area contributed by atoms with Crippen LogP contribution in [0.15, 0.2) is 10.7 Å². The van der Waals surface area contributed by atoms with Crippen LogP contribution in [-0.4, -0.2) is 10.2 Å². The summed E-state index contributed by atoms with van der Waals surface area (Å²) < 4.78 is 24.8. The van der Waals surface area contributed by atoms with Gasteiger partial charge in [0.1, 0.15) is 16.4 Å². The van der Waals surface area contributed by atoms with Crippen molar-refractivity contribution in [1.82, 2.24) is 4.98 Å². The molecule has 3 nitrogen and oxygen atoms in total. The van der Waals surface area contributed by atoms with Crippen molar-refractivity contribution in [2.24, 2.45) is 0 Å². The van der Waals surface area contributed by atoms with Crippen molar-refractivity contribution >= 4 is 32.8 Å². The summed E-state index contributed by atoms with van der Waals surface area (Å²) >= 11 is 7.88. The molecule has 0 fully saturated rings. The molecule has 0 atom stereocenters. The summed E-state index contributed by atoms with van der Waals surface area (Å²) in [5, 5.41) is 7.47. The van der Waals surface area contributed by atoms with Crippen molar-refractivity contribution in [3.05, 3.63) is 27.5 Å². The lowest BCUT2D eigenvalue weighted by Crippen LogP contribution is -2.03. The van der Waals surface area contributed by atoms with Gasteiger partial charge in [-0.2, -0.15) is 5.26 Å². The molecule has 0 aromatic carbocycles. The summed E-state index contributed by atoms with van der Waals surface area (Å²) in [6.45, 7) is 0. The molecule has 7 heteroatoms. The summed E-state index contributed by atoms with van der Waals surface area (Å²) in [5.74, 6) is 0. The molecule has 0 saturated carbocycles. The SMILES string of the molecule is N#Cc1cc(C(=O)Cl)c(C(F)F)c(Br)n1. The Balaban J connectivity index is 3.51. The Labute approximate surface area is 96.8 Å². The first kappa shape index (κ1) is 12.0. The number of aromatic nitrogens is 1. The lowest BCUT2D eigenvalue weighted by molar-refractivity contribution is 0.106. The fourth-order valence-electron chi connectivity index (χ4n) is 0.951. The fraction of sp³-hybridized carbons (Fsp3) is 0.125. The van der Waals surface area contributed by atoms with Gasteiger partial charge in [0, 0.05) is 5.56 Å². The van der Waals surface area contributed by atoms with Crippen LogP contribution in [0, 0.1) is 11.3 Å². The number of hydrogen-bond donors (Lipinski definition) is 0. The monoisotopic (exact) mass is 294 g/mol. The topological polar surface area (TPSA) is 53.8 Å². The van der Waals surface area contributed by atoms with Crippen molar-refractivity contribution < 1.29 is 13.6 Å². The number of pyridine rings is 1. The molecular formula is C8H2BrClF2N2O. The molecular weight excluding hydrogens is 293 g/mol. The van der Waals surface area contributed by atoms with Gasteiger partial charge in [-0.25, -0.2) is 13.8 Å². The minimum Gasteiger partial charge on any atom is -0.276 e. The maximum absolute atomic E-state index is 12.5. The molecule has 15 heavy (non-hydrogen) atoms. The number of rotatable bonds is 2. The number of alkyl halides is 2. The number of carbonyl (C=O) groups excluding carboxylic acids is 1. The molecule has 0 spiro atoms. The Morgan fingerprint density at radius 2 is 2.27 bits per heavy atom. The van der Waals surface area contributed by atoms with Gasteiger partial charge in [0.15, 0.2) is 0 Å². The van der Waals surface area contributed by atoms with Gasteiger partial charge in [-0.05, 0) is 33.6 Å². The van der Waals surface area contributed by atoms with E-state index in [1.165, 1.54) is 0 Å². The third kappa shape index (κ3) is 2.49. The summed E-state index contributed by atoms with van der Waals surface area (Å²) in [5.41, 5.74) is -1.17. The first-order valence-corrected chi connectivity index (χ1v) is 4.73. The standard InChI is InChI=1S/C8H2BrClF2N2O/c9-6-5(8(11)12)4(7(10)15)1-3(2-13)14-6/h1,8H. The first-order valence-electron chi connectivity index (χ1n) is 3.56. The smallest absolute Gasteiger partial charge is 0.267 e. The molecule has 0 bridgehead atoms. The maximum Gasteiger partial charge on any atom is 0.267 e. The number of hydrogen-bond acceptors (Lipinski definition) is 3. The van der Waals surface area contributed by atoms with E-state index in [1.807, 2.05) is 0 Å². The summed E-state index contributed by atoms with van der Waals surface area (Å²) in [4.78, 5) is 14.4. The summed E-state index contributed by atoms with van der Waals surface area (Å²) in [6, 6.07) is 2.56. The number of nitrogens with zero attached hydrogens (tertiary/aromatic N) is 2. The van der Waals surface area contributed by atoms with Crippen LogP contribution in [-0.2, 0) is 0 Å². The molecule has 0 aliphatic rings. The van der Waals surface area contributed by atoms with E-state index in [1.54, 1.807) is 6.07 Å². The Kier molecular flexibility index (Phi) is 3.72. The predicted octanol–water partition coefficient (Wildman–Crippen LogP) is 3.03. The van der Waals surface area contributed by atoms with Crippen LogP contribution in [0.25, 0.3) is 0 Å². The minimum atomic E-state index is -2.89. The average Bonchev–Trinajstić information content (AvgIpc) is 2.15. The zero-order valence-corrected chi connectivity index (χ0v) is 9.31. The zero-order valence-electron chi connectivity index (χ0n) is 6.97. The highest BCUT2D eigenvalue weighted by Gasteiger charge is 2.22. The van der Waals surface area contributed by atoms with E-state index in [-0.39, 0.29) is 10.3 Å². The van der Waals surface area contributed by atoms with Gasteiger partial charge < -0.3 is 0 Å². The predicted molar refractivity (Wildman–Crippen MR) is 51.8 cm³/mol. The zero-order chi connectivity index (χ0) is 11.6. The fourth-order valence-corrected chi connectivity index (χ4v) is 1.69. The van der Waals surface area contributed by atoms with Crippen LogP contribution in [0.2, 0.25) is 0 Å². The number of nitriles is 1. The van der Waals surface area contributed by atoms with Crippen LogP contribution in [0.1, 0.15) is 28.0 Å². The highest BCUT2D eigenvalue weighted by molar-refractivity contribution is 9.10. The van der Waals surface area contributed by atoms with Crippen molar-refractivity contribution in [3.8, 4) is 6.07 Å². The van der Waals surface area contributed by atoms with Crippen LogP contribution in [0.4, 0.5) is 8.78 Å². The van der Waals surface area contributed by atoms with Crippen LogP contribution in [0.3, 0.4) is 0 Å². The third-order valence-corrected chi connectivity index (χ3v) is 2.36. The Morgan fingerprint density at radius 3 is 2.67 bits per heavy atom. The molecule has 1 aromatic heterocycles. The second-order valence-corrected chi connectivity index (χ2v) is 3.54. The second kappa shape index (κ2) is 4.64. The minimum absolute atomic E-state index is 0.157. The van der Waals surface area contributed by atoms with Crippen molar-refractivity contribution in [2.75, 3.05) is 0 Å². The number of halogens is 4. The molecule has 0 radical (unpaired) electrons. The van der Waals surface area contributed by atoms with Crippen LogP contribution < -0.4 is 0 Å². The highest BCUT2D eigenvalue weighted by atomic mass is 79.9. The molecule has 0 saturated heterocycles. The lowest BCUT2D eigenvalue weighted by Gasteiger charge is -2.06. The third-order valence-electron chi connectivity index (χ3n) is 1.56. The largest absolute Gasteiger partial charge is 0.276 e. The van der Waals surface area contributed by atoms with E-state index in [0.29, 0.717) is 0 Å². The van der Waals surface area contributed by atoms with Gasteiger partial charge >= 0.3 is 0 Å². The molecule has 0 unspecified atom stereocenters. The van der Waals surface area contributed by atoms with Gasteiger partial charge in [0.2, 0.25) is 0 Å². The molecule has 78 valence electrons. The summed E-state index contributed by atoms with van der Waals surface area (Å²) in [7, 11) is 0. The second-order valence-electron chi connectivity index (χ2n) is 2.45. The number of carbonyl (C=O) groups is 1. The van der Waals surface area contributed by atoms with Crippen molar-refractivity contribution in [1.29, 1.82) is 5.26 Å². The van der Waals surface area contributed by atoms with E-state index in [0.717, 1.165) is 6.07 Å². The molecule has 0 aliphatic carbocycles. The molecule has 1 aromatic rings. The average molecular weight is 295 g/mol.